The van der Waals surface area contributed by atoms with E-state index in [9.17, 15) is 0 Å². The molecule has 3 heteroatoms. The Balaban J connectivity index is 3.35. The Morgan fingerprint density at radius 1 is 1.12 bits per heavy atom. The van der Waals surface area contributed by atoms with Gasteiger partial charge in [-0.25, -0.2) is 9.98 Å². The van der Waals surface area contributed by atoms with Crippen LogP contribution in [0, 0.1) is 0 Å². The van der Waals surface area contributed by atoms with E-state index in [0.29, 0.717) is 0 Å². The predicted octanol–water partition coefficient (Wildman–Crippen LogP) is 0.764. The van der Waals surface area contributed by atoms with Crippen LogP contribution in [0.15, 0.2) is 15.0 Å². The van der Waals surface area contributed by atoms with Crippen LogP contribution in [-0.4, -0.2) is 25.9 Å². The molecule has 44 valence electrons. The standard InChI is InChI=1S/C5H9N3/c1-3-7-5-8-4-6-2/h3-5H,1-2H3/b6-4-,7-3-,8-5-. The van der Waals surface area contributed by atoms with E-state index >= 15 is 0 Å². The number of rotatable bonds is 2. The van der Waals surface area contributed by atoms with Crippen LogP contribution in [-0.2, 0) is 0 Å². The minimum atomic E-state index is 1.44. The van der Waals surface area contributed by atoms with Gasteiger partial charge in [-0.1, -0.05) is 0 Å². The highest BCUT2D eigenvalue weighted by molar-refractivity contribution is 5.77. The minimum Gasteiger partial charge on any atom is -0.277 e. The second-order valence-corrected chi connectivity index (χ2v) is 1.05. The van der Waals surface area contributed by atoms with Crippen molar-refractivity contribution in [3.05, 3.63) is 0 Å². The highest BCUT2D eigenvalue weighted by Gasteiger charge is 1.55. The molecule has 0 bridgehead atoms. The van der Waals surface area contributed by atoms with Gasteiger partial charge in [-0.2, -0.15) is 0 Å². The van der Waals surface area contributed by atoms with Crippen molar-refractivity contribution in [1.29, 1.82) is 0 Å². The Hall–Kier alpha value is -0.990. The van der Waals surface area contributed by atoms with Crippen LogP contribution in [0.4, 0.5) is 0 Å². The minimum absolute atomic E-state index is 1.44. The zero-order chi connectivity index (χ0) is 6.24. The molecule has 8 heavy (non-hydrogen) atoms. The number of nitrogens with zero attached hydrogens (tertiary/aromatic N) is 3. The summed E-state index contributed by atoms with van der Waals surface area (Å²) in [4.78, 5) is 11.0. The van der Waals surface area contributed by atoms with E-state index < -0.39 is 0 Å². The van der Waals surface area contributed by atoms with Crippen LogP contribution in [0.2, 0.25) is 0 Å². The first-order valence-corrected chi connectivity index (χ1v) is 2.32. The van der Waals surface area contributed by atoms with Gasteiger partial charge in [0.05, 0.1) is 0 Å². The maximum Gasteiger partial charge on any atom is 0.116 e. The summed E-state index contributed by atoms with van der Waals surface area (Å²) in [7, 11) is 1.66. The van der Waals surface area contributed by atoms with E-state index in [1.165, 1.54) is 12.7 Å². The fourth-order valence-electron chi connectivity index (χ4n) is 0.202. The summed E-state index contributed by atoms with van der Waals surface area (Å²) < 4.78 is 0. The predicted molar refractivity (Wildman–Crippen MR) is 37.1 cm³/mol. The topological polar surface area (TPSA) is 37.1 Å². The molecule has 3 nitrogen and oxygen atoms in total. The highest BCUT2D eigenvalue weighted by atomic mass is 14.9. The lowest BCUT2D eigenvalue weighted by Crippen LogP contribution is -1.67. The molecule has 0 radical (unpaired) electrons. The zero-order valence-corrected chi connectivity index (χ0v) is 5.07. The van der Waals surface area contributed by atoms with Gasteiger partial charge < -0.3 is 0 Å². The van der Waals surface area contributed by atoms with E-state index in [1.54, 1.807) is 13.3 Å². The smallest absolute Gasteiger partial charge is 0.116 e. The van der Waals surface area contributed by atoms with Gasteiger partial charge in [0.2, 0.25) is 0 Å². The van der Waals surface area contributed by atoms with Crippen molar-refractivity contribution in [2.75, 3.05) is 7.05 Å². The first-order chi connectivity index (χ1) is 3.91. The van der Waals surface area contributed by atoms with Crippen LogP contribution in [0.5, 0.6) is 0 Å². The molecule has 0 spiro atoms. The van der Waals surface area contributed by atoms with E-state index in [0.717, 1.165) is 0 Å². The molecule has 0 aliphatic heterocycles. The van der Waals surface area contributed by atoms with Gasteiger partial charge in [0.25, 0.3) is 0 Å². The van der Waals surface area contributed by atoms with Crippen LogP contribution in [0.25, 0.3) is 0 Å². The Morgan fingerprint density at radius 2 is 1.88 bits per heavy atom. The Kier molecular flexibility index (Phi) is 5.27. The lowest BCUT2D eigenvalue weighted by Gasteiger charge is -1.69. The Morgan fingerprint density at radius 3 is 2.38 bits per heavy atom. The molecule has 0 aromatic heterocycles. The lowest BCUT2D eigenvalue weighted by atomic mass is 10.9. The van der Waals surface area contributed by atoms with Crippen LogP contribution < -0.4 is 0 Å². The highest BCUT2D eigenvalue weighted by Crippen LogP contribution is 1.59. The van der Waals surface area contributed by atoms with Gasteiger partial charge >= 0.3 is 0 Å². The fraction of sp³-hybridized carbons (Fsp3) is 0.400. The second kappa shape index (κ2) is 6.01. The van der Waals surface area contributed by atoms with Gasteiger partial charge in [-0.05, 0) is 6.92 Å². The lowest BCUT2D eigenvalue weighted by molar-refractivity contribution is 1.44. The monoisotopic (exact) mass is 111 g/mol. The molecule has 0 saturated heterocycles. The molecule has 0 saturated carbocycles. The summed E-state index contributed by atoms with van der Waals surface area (Å²) in [5.41, 5.74) is 0. The van der Waals surface area contributed by atoms with Crippen molar-refractivity contribution >= 4 is 18.9 Å². The number of hydrogen-bond donors (Lipinski definition) is 0. The average Bonchev–Trinajstić information content (AvgIpc) is 1.81. The Labute approximate surface area is 48.9 Å². The molecule has 0 heterocycles. The average molecular weight is 111 g/mol. The molecular weight excluding hydrogens is 102 g/mol. The molecule has 0 rings (SSSR count). The molecule has 0 atom stereocenters. The van der Waals surface area contributed by atoms with E-state index in [4.69, 9.17) is 0 Å². The number of aliphatic imine (C=N–C) groups is 3. The fourth-order valence-corrected chi connectivity index (χ4v) is 0.202. The van der Waals surface area contributed by atoms with Crippen LogP contribution in [0.1, 0.15) is 6.92 Å². The van der Waals surface area contributed by atoms with Gasteiger partial charge in [0.15, 0.2) is 0 Å². The third-order valence-electron chi connectivity index (χ3n) is 0.465. The summed E-state index contributed by atoms with van der Waals surface area (Å²) in [5.74, 6) is 0. The molecule has 0 amide bonds. The van der Waals surface area contributed by atoms with Crippen molar-refractivity contribution in [2.24, 2.45) is 15.0 Å². The molecule has 0 N–H and O–H groups in total. The quantitative estimate of drug-likeness (QED) is 0.373. The third kappa shape index (κ3) is 5.01. The maximum atomic E-state index is 3.70. The van der Waals surface area contributed by atoms with Crippen molar-refractivity contribution in [2.45, 2.75) is 6.92 Å². The third-order valence-corrected chi connectivity index (χ3v) is 0.465. The van der Waals surface area contributed by atoms with Crippen molar-refractivity contribution in [1.82, 2.24) is 0 Å². The summed E-state index contributed by atoms with van der Waals surface area (Å²) in [6.45, 7) is 1.83. The molecule has 0 aliphatic rings. The molecule has 0 aliphatic carbocycles. The van der Waals surface area contributed by atoms with Crippen molar-refractivity contribution in [3.8, 4) is 0 Å². The van der Waals surface area contributed by atoms with Gasteiger partial charge in [-0.15, -0.1) is 0 Å². The zero-order valence-electron chi connectivity index (χ0n) is 5.07. The van der Waals surface area contributed by atoms with Crippen LogP contribution >= 0.6 is 0 Å². The molecule has 0 fully saturated rings. The second-order valence-electron chi connectivity index (χ2n) is 1.05. The summed E-state index contributed by atoms with van der Waals surface area (Å²) in [5, 5.41) is 0. The molecule has 0 aromatic carbocycles. The van der Waals surface area contributed by atoms with Crippen LogP contribution in [0.3, 0.4) is 0 Å². The maximum absolute atomic E-state index is 3.70. The Bertz CT molecular complexity index is 98.8. The van der Waals surface area contributed by atoms with Gasteiger partial charge in [0.1, 0.15) is 12.7 Å². The van der Waals surface area contributed by atoms with E-state index in [-0.39, 0.29) is 0 Å². The normalized spacial score (nSPS) is 12.8. The summed E-state index contributed by atoms with van der Waals surface area (Å²) in [6.07, 6.45) is 4.53. The number of hydrogen-bond acceptors (Lipinski definition) is 1. The van der Waals surface area contributed by atoms with Crippen molar-refractivity contribution < 1.29 is 0 Å². The summed E-state index contributed by atoms with van der Waals surface area (Å²) in [6, 6.07) is 0. The van der Waals surface area contributed by atoms with Gasteiger partial charge in [0, 0.05) is 13.3 Å². The first-order valence-electron chi connectivity index (χ1n) is 2.32. The molecular formula is C5H9N3. The molecule has 0 unspecified atom stereocenters. The molecule has 0 aromatic rings. The largest absolute Gasteiger partial charge is 0.277 e. The van der Waals surface area contributed by atoms with E-state index in [1.807, 2.05) is 6.92 Å². The first kappa shape index (κ1) is 7.01. The van der Waals surface area contributed by atoms with E-state index in [2.05, 4.69) is 15.0 Å². The van der Waals surface area contributed by atoms with Crippen molar-refractivity contribution in [3.63, 3.8) is 0 Å². The SMILES string of the molecule is C\C=N/C=N\C=N/C. The summed E-state index contributed by atoms with van der Waals surface area (Å²) >= 11 is 0. The van der Waals surface area contributed by atoms with Gasteiger partial charge in [-0.3, -0.25) is 4.99 Å².